The molecular weight excluding hydrogens is 296 g/mol. The van der Waals surface area contributed by atoms with E-state index in [1.54, 1.807) is 0 Å². The number of likely N-dealkylation sites (tertiary alicyclic amines) is 1. The van der Waals surface area contributed by atoms with Gasteiger partial charge in [-0.15, -0.1) is 0 Å². The highest BCUT2D eigenvalue weighted by Gasteiger charge is 2.21. The summed E-state index contributed by atoms with van der Waals surface area (Å²) >= 11 is 0. The second-order valence-corrected chi connectivity index (χ2v) is 6.85. The van der Waals surface area contributed by atoms with Crippen molar-refractivity contribution in [3.05, 3.63) is 71.3 Å². The Kier molecular flexibility index (Phi) is 6.02. The Hall–Kier alpha value is -1.68. The third-order valence-corrected chi connectivity index (χ3v) is 4.87. The lowest BCUT2D eigenvalue weighted by Crippen LogP contribution is -2.46. The number of benzene rings is 2. The van der Waals surface area contributed by atoms with Crippen LogP contribution < -0.4 is 5.32 Å². The summed E-state index contributed by atoms with van der Waals surface area (Å²) in [4.78, 5) is 2.55. The molecule has 0 saturated carbocycles. The van der Waals surface area contributed by atoms with Crippen molar-refractivity contribution < 1.29 is 5.11 Å². The number of aliphatic hydroxyl groups excluding tert-OH is 1. The van der Waals surface area contributed by atoms with Crippen LogP contribution in [0.5, 0.6) is 0 Å². The Morgan fingerprint density at radius 3 is 2.71 bits per heavy atom. The Morgan fingerprint density at radius 1 is 1.12 bits per heavy atom. The van der Waals surface area contributed by atoms with Crippen LogP contribution in [-0.4, -0.2) is 29.1 Å². The van der Waals surface area contributed by atoms with Crippen molar-refractivity contribution >= 4 is 0 Å². The number of nitrogens with zero attached hydrogens (tertiary/aromatic N) is 1. The summed E-state index contributed by atoms with van der Waals surface area (Å²) in [6.45, 7) is 5.63. The molecule has 128 valence electrons. The first-order valence-electron chi connectivity index (χ1n) is 8.96. The van der Waals surface area contributed by atoms with Crippen molar-refractivity contribution in [1.82, 2.24) is 10.2 Å². The average molecular weight is 324 g/mol. The molecule has 2 N–H and O–H groups in total. The van der Waals surface area contributed by atoms with E-state index in [1.807, 2.05) is 12.1 Å². The van der Waals surface area contributed by atoms with Gasteiger partial charge < -0.3 is 10.4 Å². The molecule has 3 nitrogen and oxygen atoms in total. The van der Waals surface area contributed by atoms with Crippen LogP contribution >= 0.6 is 0 Å². The molecule has 1 aliphatic rings. The molecule has 1 saturated heterocycles. The topological polar surface area (TPSA) is 35.5 Å². The van der Waals surface area contributed by atoms with Crippen LogP contribution in [0, 0.1) is 0 Å². The lowest BCUT2D eigenvalue weighted by molar-refractivity contribution is 0.177. The molecule has 0 aliphatic carbocycles. The molecule has 3 rings (SSSR count). The fourth-order valence-electron chi connectivity index (χ4n) is 3.59. The van der Waals surface area contributed by atoms with E-state index >= 15 is 0 Å². The second-order valence-electron chi connectivity index (χ2n) is 6.85. The Balaban J connectivity index is 1.56. The van der Waals surface area contributed by atoms with Gasteiger partial charge in [-0.05, 0) is 43.0 Å². The second kappa shape index (κ2) is 8.43. The van der Waals surface area contributed by atoms with Crippen LogP contribution in [0.15, 0.2) is 54.6 Å². The maximum atomic E-state index is 9.31. The van der Waals surface area contributed by atoms with E-state index in [-0.39, 0.29) is 6.61 Å². The molecule has 2 aromatic carbocycles. The van der Waals surface area contributed by atoms with Crippen LogP contribution in [0.1, 0.15) is 42.5 Å². The number of aliphatic hydroxyl groups is 1. The molecule has 0 amide bonds. The van der Waals surface area contributed by atoms with Gasteiger partial charge in [-0.1, -0.05) is 54.6 Å². The SMILES string of the molecule is CC(NC1CCCN(Cc2ccccc2)C1)c1cccc(CO)c1. The van der Waals surface area contributed by atoms with E-state index in [9.17, 15) is 5.11 Å². The lowest BCUT2D eigenvalue weighted by Gasteiger charge is -2.35. The summed E-state index contributed by atoms with van der Waals surface area (Å²) in [6, 6.07) is 19.8. The number of piperidine rings is 1. The maximum Gasteiger partial charge on any atom is 0.0681 e. The van der Waals surface area contributed by atoms with Crippen LogP contribution in [-0.2, 0) is 13.2 Å². The Morgan fingerprint density at radius 2 is 1.92 bits per heavy atom. The molecule has 0 radical (unpaired) electrons. The van der Waals surface area contributed by atoms with E-state index in [4.69, 9.17) is 0 Å². The third-order valence-electron chi connectivity index (χ3n) is 4.87. The first-order chi connectivity index (χ1) is 11.7. The van der Waals surface area contributed by atoms with E-state index in [0.29, 0.717) is 12.1 Å². The largest absolute Gasteiger partial charge is 0.392 e. The van der Waals surface area contributed by atoms with Crippen LogP contribution in [0.2, 0.25) is 0 Å². The van der Waals surface area contributed by atoms with Crippen molar-refractivity contribution in [3.8, 4) is 0 Å². The molecule has 1 aliphatic heterocycles. The van der Waals surface area contributed by atoms with Crippen molar-refractivity contribution in [2.45, 2.75) is 45.0 Å². The van der Waals surface area contributed by atoms with Gasteiger partial charge in [0.15, 0.2) is 0 Å². The number of rotatable bonds is 6. The van der Waals surface area contributed by atoms with Gasteiger partial charge in [0.25, 0.3) is 0 Å². The van der Waals surface area contributed by atoms with Crippen molar-refractivity contribution in [3.63, 3.8) is 0 Å². The fraction of sp³-hybridized carbons (Fsp3) is 0.429. The quantitative estimate of drug-likeness (QED) is 0.854. The van der Waals surface area contributed by atoms with Gasteiger partial charge in [-0.25, -0.2) is 0 Å². The van der Waals surface area contributed by atoms with Crippen LogP contribution in [0.4, 0.5) is 0 Å². The number of hydrogen-bond acceptors (Lipinski definition) is 3. The van der Waals surface area contributed by atoms with Crippen molar-refractivity contribution in [1.29, 1.82) is 0 Å². The van der Waals surface area contributed by atoms with Gasteiger partial charge in [-0.2, -0.15) is 0 Å². The van der Waals surface area contributed by atoms with E-state index in [0.717, 1.165) is 18.7 Å². The summed E-state index contributed by atoms with van der Waals surface area (Å²) in [7, 11) is 0. The first-order valence-corrected chi connectivity index (χ1v) is 8.96. The van der Waals surface area contributed by atoms with E-state index in [2.05, 4.69) is 59.6 Å². The zero-order valence-corrected chi connectivity index (χ0v) is 14.5. The minimum Gasteiger partial charge on any atom is -0.392 e. The third kappa shape index (κ3) is 4.67. The zero-order chi connectivity index (χ0) is 16.8. The average Bonchev–Trinajstić information content (AvgIpc) is 2.63. The lowest BCUT2D eigenvalue weighted by atomic mass is 10.0. The summed E-state index contributed by atoms with van der Waals surface area (Å²) < 4.78 is 0. The van der Waals surface area contributed by atoms with Crippen molar-refractivity contribution in [2.24, 2.45) is 0 Å². The molecule has 24 heavy (non-hydrogen) atoms. The highest BCUT2D eigenvalue weighted by molar-refractivity contribution is 5.25. The van der Waals surface area contributed by atoms with Gasteiger partial charge in [-0.3, -0.25) is 4.90 Å². The Labute approximate surface area is 145 Å². The highest BCUT2D eigenvalue weighted by Crippen LogP contribution is 2.19. The highest BCUT2D eigenvalue weighted by atomic mass is 16.3. The molecule has 1 heterocycles. The predicted molar refractivity (Wildman–Crippen MR) is 98.7 cm³/mol. The summed E-state index contributed by atoms with van der Waals surface area (Å²) in [5.74, 6) is 0. The minimum absolute atomic E-state index is 0.106. The first kappa shape index (κ1) is 17.2. The van der Waals surface area contributed by atoms with Crippen LogP contribution in [0.25, 0.3) is 0 Å². The van der Waals surface area contributed by atoms with Gasteiger partial charge in [0.05, 0.1) is 6.61 Å². The minimum atomic E-state index is 0.106. The predicted octanol–water partition coefficient (Wildman–Crippen LogP) is 3.49. The molecule has 0 spiro atoms. The zero-order valence-electron chi connectivity index (χ0n) is 14.5. The van der Waals surface area contributed by atoms with Crippen LogP contribution in [0.3, 0.4) is 0 Å². The molecule has 0 aromatic heterocycles. The number of hydrogen-bond donors (Lipinski definition) is 2. The summed E-state index contributed by atoms with van der Waals surface area (Å²) in [5, 5.41) is 13.1. The molecule has 0 bridgehead atoms. The smallest absolute Gasteiger partial charge is 0.0681 e. The van der Waals surface area contributed by atoms with Crippen molar-refractivity contribution in [2.75, 3.05) is 13.1 Å². The molecule has 1 fully saturated rings. The molecule has 3 heteroatoms. The van der Waals surface area contributed by atoms with Gasteiger partial charge in [0.1, 0.15) is 0 Å². The molecule has 2 atom stereocenters. The van der Waals surface area contributed by atoms with E-state index in [1.165, 1.54) is 30.5 Å². The number of nitrogens with one attached hydrogen (secondary N) is 1. The fourth-order valence-corrected chi connectivity index (χ4v) is 3.59. The van der Waals surface area contributed by atoms with Gasteiger partial charge >= 0.3 is 0 Å². The molecular formula is C21H28N2O. The summed E-state index contributed by atoms with van der Waals surface area (Å²) in [5.41, 5.74) is 3.62. The van der Waals surface area contributed by atoms with E-state index < -0.39 is 0 Å². The van der Waals surface area contributed by atoms with Gasteiger partial charge in [0, 0.05) is 25.2 Å². The normalized spacial score (nSPS) is 20.0. The maximum absolute atomic E-state index is 9.31. The monoisotopic (exact) mass is 324 g/mol. The summed E-state index contributed by atoms with van der Waals surface area (Å²) in [6.07, 6.45) is 2.48. The Bertz CT molecular complexity index is 629. The standard InChI is InChI=1S/C21H28N2O/c1-17(20-10-5-9-19(13-20)16-24)22-21-11-6-12-23(15-21)14-18-7-3-2-4-8-18/h2-5,7-10,13,17,21-22,24H,6,11-12,14-16H2,1H3. The molecule has 2 unspecified atom stereocenters. The van der Waals surface area contributed by atoms with Gasteiger partial charge in [0.2, 0.25) is 0 Å². The molecule has 2 aromatic rings.